The van der Waals surface area contributed by atoms with E-state index in [-0.39, 0.29) is 11.2 Å². The van der Waals surface area contributed by atoms with Gasteiger partial charge in [-0.25, -0.2) is 9.18 Å². The molecule has 2 aromatic carbocycles. The number of aryl methyl sites for hydroxylation is 3. The Hall–Kier alpha value is -3.29. The molecule has 0 aliphatic carbocycles. The first kappa shape index (κ1) is 32.1. The number of pyridine rings is 1. The van der Waals surface area contributed by atoms with Crippen LogP contribution >= 0.6 is 0 Å². The van der Waals surface area contributed by atoms with Crippen molar-refractivity contribution in [3.05, 3.63) is 81.4 Å². The van der Waals surface area contributed by atoms with E-state index in [0.29, 0.717) is 11.3 Å². The van der Waals surface area contributed by atoms with E-state index >= 15 is 0 Å². The molecule has 6 nitrogen and oxygen atoms in total. The Labute approximate surface area is 262 Å². The highest BCUT2D eigenvalue weighted by Crippen LogP contribution is 2.45. The van der Waals surface area contributed by atoms with E-state index in [9.17, 15) is 14.3 Å². The van der Waals surface area contributed by atoms with E-state index in [1.54, 1.807) is 12.1 Å². The first-order valence-corrected chi connectivity index (χ1v) is 15.9. The molecule has 1 saturated heterocycles. The number of rotatable bonds is 7. The first-order valence-electron chi connectivity index (χ1n) is 15.9. The second-order valence-corrected chi connectivity index (χ2v) is 14.5. The number of halogens is 1. The number of piperidine rings is 1. The zero-order valence-electron chi connectivity index (χ0n) is 27.7. The van der Waals surface area contributed by atoms with E-state index in [2.05, 4.69) is 41.8 Å². The molecule has 236 valence electrons. The highest BCUT2D eigenvalue weighted by molar-refractivity contribution is 5.88. The smallest absolute Gasteiger partial charge is 0.337 e. The number of nitrogens with zero attached hydrogens (tertiary/aromatic N) is 3. The molecule has 0 bridgehead atoms. The van der Waals surface area contributed by atoms with Crippen LogP contribution in [-0.4, -0.2) is 46.2 Å². The summed E-state index contributed by atoms with van der Waals surface area (Å²) in [6.07, 6.45) is 1.83. The first-order chi connectivity index (χ1) is 20.6. The summed E-state index contributed by atoms with van der Waals surface area (Å²) >= 11 is 0. The number of benzene rings is 2. The van der Waals surface area contributed by atoms with Crippen LogP contribution in [0.2, 0.25) is 0 Å². The Morgan fingerprint density at radius 3 is 2.36 bits per heavy atom. The van der Waals surface area contributed by atoms with Crippen molar-refractivity contribution in [2.45, 2.75) is 99.4 Å². The average Bonchev–Trinajstić information content (AvgIpc) is 2.92. The molecule has 1 fully saturated rings. The molecule has 1 N–H and O–H groups in total. The molecule has 0 saturated carbocycles. The topological polar surface area (TPSA) is 65.9 Å². The quantitative estimate of drug-likeness (QED) is 0.297. The van der Waals surface area contributed by atoms with Gasteiger partial charge >= 0.3 is 5.97 Å². The maximum atomic E-state index is 13.7. The van der Waals surface area contributed by atoms with E-state index in [4.69, 9.17) is 9.72 Å². The predicted octanol–water partition coefficient (Wildman–Crippen LogP) is 7.94. The van der Waals surface area contributed by atoms with Gasteiger partial charge in [-0.2, -0.15) is 0 Å². The lowest BCUT2D eigenvalue weighted by Gasteiger charge is -2.41. The van der Waals surface area contributed by atoms with Gasteiger partial charge in [-0.1, -0.05) is 38.1 Å². The number of aliphatic carboxylic acids is 1. The summed E-state index contributed by atoms with van der Waals surface area (Å²) in [6, 6.07) is 11.7. The predicted molar refractivity (Wildman–Crippen MR) is 175 cm³/mol. The zero-order chi connectivity index (χ0) is 32.0. The molecule has 1 atom stereocenters. The van der Waals surface area contributed by atoms with Gasteiger partial charge in [0.15, 0.2) is 6.10 Å². The molecule has 0 spiro atoms. The molecule has 2 aliphatic rings. The van der Waals surface area contributed by atoms with Crippen molar-refractivity contribution in [1.82, 2.24) is 9.88 Å². The maximum Gasteiger partial charge on any atom is 0.337 e. The highest BCUT2D eigenvalue weighted by Gasteiger charge is 2.36. The van der Waals surface area contributed by atoms with Crippen LogP contribution in [0, 0.1) is 32.0 Å². The summed E-state index contributed by atoms with van der Waals surface area (Å²) in [5.74, 6) is -1.20. The van der Waals surface area contributed by atoms with Crippen molar-refractivity contribution in [2.24, 2.45) is 5.41 Å². The fraction of sp³-hybridized carbons (Fsp3) is 0.514. The highest BCUT2D eigenvalue weighted by atomic mass is 19.1. The van der Waals surface area contributed by atoms with Gasteiger partial charge in [0, 0.05) is 55.2 Å². The van der Waals surface area contributed by atoms with Crippen LogP contribution < -0.4 is 4.90 Å². The van der Waals surface area contributed by atoms with Crippen molar-refractivity contribution < 1.29 is 19.0 Å². The lowest BCUT2D eigenvalue weighted by molar-refractivity contribution is -0.160. The minimum Gasteiger partial charge on any atom is -0.479 e. The monoisotopic (exact) mass is 601 g/mol. The van der Waals surface area contributed by atoms with Gasteiger partial charge in [-0.15, -0.1) is 0 Å². The van der Waals surface area contributed by atoms with Crippen LogP contribution in [0.3, 0.4) is 0 Å². The van der Waals surface area contributed by atoms with E-state index in [1.807, 2.05) is 47.6 Å². The average molecular weight is 602 g/mol. The second kappa shape index (κ2) is 12.2. The standard InChI is InChI=1S/C37H48FN3O3/c1-23-19-30(38)12-11-28(23)21-40-16-13-26-20-27(9-10-29(26)22-40)31-24(2)39-25(3)32(34(35(42)43)44-36(4,5)6)33(31)41-17-14-37(7,8)15-18-41/h9-12,19-20,34H,13-18,21-22H2,1-8H3,(H,42,43)/t34-/m0/s1. The van der Waals surface area contributed by atoms with Crippen molar-refractivity contribution in [1.29, 1.82) is 0 Å². The number of hydrogen-bond donors (Lipinski definition) is 1. The number of ether oxygens (including phenoxy) is 1. The summed E-state index contributed by atoms with van der Waals surface area (Å²) in [5, 5.41) is 10.5. The van der Waals surface area contributed by atoms with Crippen molar-refractivity contribution in [3.63, 3.8) is 0 Å². The van der Waals surface area contributed by atoms with Gasteiger partial charge in [0.25, 0.3) is 0 Å². The lowest BCUT2D eigenvalue weighted by atomic mass is 9.81. The van der Waals surface area contributed by atoms with Gasteiger partial charge in [0.1, 0.15) is 5.82 Å². The molecular weight excluding hydrogens is 553 g/mol. The third kappa shape index (κ3) is 7.00. The Morgan fingerprint density at radius 2 is 1.73 bits per heavy atom. The normalized spacial score (nSPS) is 17.8. The lowest BCUT2D eigenvalue weighted by Crippen LogP contribution is -2.39. The second-order valence-electron chi connectivity index (χ2n) is 14.5. The molecule has 0 radical (unpaired) electrons. The third-order valence-corrected chi connectivity index (χ3v) is 9.25. The van der Waals surface area contributed by atoms with E-state index in [0.717, 1.165) is 85.6 Å². The zero-order valence-corrected chi connectivity index (χ0v) is 27.7. The van der Waals surface area contributed by atoms with Crippen molar-refractivity contribution >= 4 is 11.7 Å². The summed E-state index contributed by atoms with van der Waals surface area (Å²) in [6.45, 7) is 20.5. The molecule has 0 unspecified atom stereocenters. The number of aromatic nitrogens is 1. The minimum absolute atomic E-state index is 0.195. The third-order valence-electron chi connectivity index (χ3n) is 9.25. The van der Waals surface area contributed by atoms with E-state index < -0.39 is 17.7 Å². The van der Waals surface area contributed by atoms with Crippen LogP contribution in [0.15, 0.2) is 36.4 Å². The minimum atomic E-state index is -1.13. The van der Waals surface area contributed by atoms with Crippen molar-refractivity contribution in [3.8, 4) is 11.1 Å². The fourth-order valence-electron chi connectivity index (χ4n) is 6.73. The molecule has 2 aliphatic heterocycles. The molecule has 1 aromatic heterocycles. The molecular formula is C37H48FN3O3. The van der Waals surface area contributed by atoms with Crippen molar-refractivity contribution in [2.75, 3.05) is 24.5 Å². The Morgan fingerprint density at radius 1 is 1.02 bits per heavy atom. The van der Waals surface area contributed by atoms with Crippen LogP contribution in [0.1, 0.15) is 92.8 Å². The van der Waals surface area contributed by atoms with Gasteiger partial charge in [0.05, 0.1) is 11.3 Å². The number of fused-ring (bicyclic) bond motifs is 1. The number of anilines is 1. The summed E-state index contributed by atoms with van der Waals surface area (Å²) in [7, 11) is 0. The van der Waals surface area contributed by atoms with Crippen LogP contribution in [0.4, 0.5) is 10.1 Å². The molecule has 7 heteroatoms. The SMILES string of the molecule is Cc1cc(F)ccc1CN1CCc2cc(-c3c(C)nc(C)c([C@H](OC(C)(C)C)C(=O)O)c3N3CCC(C)(C)CC3)ccc2C1. The summed E-state index contributed by atoms with van der Waals surface area (Å²) in [4.78, 5) is 22.5. The van der Waals surface area contributed by atoms with Gasteiger partial charge in [-0.3, -0.25) is 9.88 Å². The van der Waals surface area contributed by atoms with Crippen LogP contribution in [0.5, 0.6) is 0 Å². The molecule has 3 heterocycles. The Bertz CT molecular complexity index is 1550. The van der Waals surface area contributed by atoms with Crippen LogP contribution in [-0.2, 0) is 29.0 Å². The molecule has 44 heavy (non-hydrogen) atoms. The summed E-state index contributed by atoms with van der Waals surface area (Å²) < 4.78 is 19.9. The summed E-state index contributed by atoms with van der Waals surface area (Å²) in [5.41, 5.74) is 9.60. The largest absolute Gasteiger partial charge is 0.479 e. The maximum absolute atomic E-state index is 13.7. The fourth-order valence-corrected chi connectivity index (χ4v) is 6.73. The van der Waals surface area contributed by atoms with E-state index in [1.165, 1.54) is 11.1 Å². The number of hydrogen-bond acceptors (Lipinski definition) is 5. The Kier molecular flexibility index (Phi) is 8.94. The van der Waals surface area contributed by atoms with Gasteiger partial charge < -0.3 is 14.7 Å². The molecule has 0 amide bonds. The van der Waals surface area contributed by atoms with Crippen LogP contribution in [0.25, 0.3) is 11.1 Å². The molecule has 3 aromatic rings. The van der Waals surface area contributed by atoms with Gasteiger partial charge in [-0.05, 0) is 106 Å². The molecule has 5 rings (SSSR count). The number of carbonyl (C=O) groups is 1. The number of carboxylic acid groups (broad SMARTS) is 1. The Balaban J connectivity index is 1.56. The number of carboxylic acids is 1. The van der Waals surface area contributed by atoms with Gasteiger partial charge in [0.2, 0.25) is 0 Å².